The number of hydrogen-bond donors (Lipinski definition) is 1. The molecule has 0 heterocycles. The second-order valence-corrected chi connectivity index (χ2v) is 3.45. The average molecular weight is 258 g/mol. The number of alkyl halides is 1. The number of methoxy groups -OCH3 is 1. The van der Waals surface area contributed by atoms with E-state index in [1.165, 1.54) is 7.11 Å². The molecule has 1 aromatic carbocycles. The van der Waals surface area contributed by atoms with Gasteiger partial charge in [-0.3, -0.25) is 0 Å². The Morgan fingerprint density at radius 3 is 2.86 bits per heavy atom. The summed E-state index contributed by atoms with van der Waals surface area (Å²) in [6.45, 7) is 0.772. The van der Waals surface area contributed by atoms with E-state index in [0.717, 1.165) is 17.6 Å². The lowest BCUT2D eigenvalue weighted by Gasteiger charge is -2.08. The molecule has 0 aromatic heterocycles. The zero-order chi connectivity index (χ0) is 10.4. The van der Waals surface area contributed by atoms with Crippen LogP contribution >= 0.6 is 15.9 Å². The van der Waals surface area contributed by atoms with Gasteiger partial charge in [-0.25, -0.2) is 4.79 Å². The Hall–Kier alpha value is -1.03. The molecule has 0 atom stereocenters. The summed E-state index contributed by atoms with van der Waals surface area (Å²) >= 11 is 3.31. The van der Waals surface area contributed by atoms with Gasteiger partial charge in [-0.15, -0.1) is 0 Å². The van der Waals surface area contributed by atoms with Crippen LogP contribution in [0, 0.1) is 0 Å². The Kier molecular flexibility index (Phi) is 4.46. The zero-order valence-corrected chi connectivity index (χ0v) is 9.50. The molecule has 4 heteroatoms. The standard InChI is InChI=1S/C10H12BrNO2/c1-14-10(13)8-4-2-3-5-9(8)12-7-6-11/h2-5,12H,6-7H2,1H3. The van der Waals surface area contributed by atoms with E-state index >= 15 is 0 Å². The monoisotopic (exact) mass is 257 g/mol. The van der Waals surface area contributed by atoms with Gasteiger partial charge in [0.15, 0.2) is 0 Å². The van der Waals surface area contributed by atoms with Crippen molar-refractivity contribution >= 4 is 27.6 Å². The zero-order valence-electron chi connectivity index (χ0n) is 7.92. The molecule has 76 valence electrons. The highest BCUT2D eigenvalue weighted by molar-refractivity contribution is 9.09. The third-order valence-corrected chi connectivity index (χ3v) is 2.14. The fraction of sp³-hybridized carbons (Fsp3) is 0.300. The number of benzene rings is 1. The molecule has 1 N–H and O–H groups in total. The minimum absolute atomic E-state index is 0.317. The SMILES string of the molecule is COC(=O)c1ccccc1NCCBr. The highest BCUT2D eigenvalue weighted by Crippen LogP contribution is 2.15. The molecule has 1 aromatic rings. The lowest BCUT2D eigenvalue weighted by Crippen LogP contribution is -2.09. The van der Waals surface area contributed by atoms with Crippen LogP contribution in [0.3, 0.4) is 0 Å². The van der Waals surface area contributed by atoms with Gasteiger partial charge in [0, 0.05) is 17.6 Å². The topological polar surface area (TPSA) is 38.3 Å². The number of halogens is 1. The van der Waals surface area contributed by atoms with Crippen molar-refractivity contribution in [3.63, 3.8) is 0 Å². The first kappa shape index (κ1) is 11.0. The Morgan fingerprint density at radius 2 is 2.21 bits per heavy atom. The Morgan fingerprint density at radius 1 is 1.50 bits per heavy atom. The summed E-state index contributed by atoms with van der Waals surface area (Å²) in [7, 11) is 1.38. The number of anilines is 1. The first-order chi connectivity index (χ1) is 6.79. The molecule has 0 bridgehead atoms. The molecule has 0 aliphatic carbocycles. The van der Waals surface area contributed by atoms with Crippen LogP contribution in [-0.4, -0.2) is 25.0 Å². The van der Waals surface area contributed by atoms with Gasteiger partial charge in [0.05, 0.1) is 12.7 Å². The van der Waals surface area contributed by atoms with E-state index in [0.29, 0.717) is 5.56 Å². The normalized spacial score (nSPS) is 9.57. The third kappa shape index (κ3) is 2.73. The summed E-state index contributed by atoms with van der Waals surface area (Å²) in [6, 6.07) is 7.28. The van der Waals surface area contributed by atoms with Crippen molar-refractivity contribution in [2.75, 3.05) is 24.3 Å². The van der Waals surface area contributed by atoms with Crippen molar-refractivity contribution in [1.29, 1.82) is 0 Å². The van der Waals surface area contributed by atoms with Crippen LogP contribution in [0.1, 0.15) is 10.4 Å². The van der Waals surface area contributed by atoms with Crippen LogP contribution in [0.4, 0.5) is 5.69 Å². The Balaban J connectivity index is 2.85. The molecule has 0 aliphatic rings. The van der Waals surface area contributed by atoms with Crippen molar-refractivity contribution in [2.45, 2.75) is 0 Å². The van der Waals surface area contributed by atoms with Gasteiger partial charge in [-0.2, -0.15) is 0 Å². The van der Waals surface area contributed by atoms with Crippen LogP contribution in [0.5, 0.6) is 0 Å². The summed E-state index contributed by atoms with van der Waals surface area (Å²) in [4.78, 5) is 11.3. The molecule has 0 saturated carbocycles. The number of esters is 1. The second-order valence-electron chi connectivity index (χ2n) is 2.65. The molecule has 0 aliphatic heterocycles. The van der Waals surface area contributed by atoms with E-state index in [9.17, 15) is 4.79 Å². The molecule has 1 rings (SSSR count). The minimum Gasteiger partial charge on any atom is -0.465 e. The minimum atomic E-state index is -0.317. The average Bonchev–Trinajstić information content (AvgIpc) is 2.25. The summed E-state index contributed by atoms with van der Waals surface area (Å²) in [5.41, 5.74) is 1.37. The van der Waals surface area contributed by atoms with Crippen LogP contribution < -0.4 is 5.32 Å². The van der Waals surface area contributed by atoms with Gasteiger partial charge in [-0.05, 0) is 12.1 Å². The fourth-order valence-corrected chi connectivity index (χ4v) is 1.31. The molecule has 0 saturated heterocycles. The molecule has 14 heavy (non-hydrogen) atoms. The molecule has 0 radical (unpaired) electrons. The first-order valence-electron chi connectivity index (χ1n) is 4.26. The number of nitrogens with one attached hydrogen (secondary N) is 1. The lowest BCUT2D eigenvalue weighted by molar-refractivity contribution is 0.0602. The molecule has 0 amide bonds. The van der Waals surface area contributed by atoms with Crippen LogP contribution in [0.2, 0.25) is 0 Å². The number of hydrogen-bond acceptors (Lipinski definition) is 3. The van der Waals surface area contributed by atoms with E-state index in [-0.39, 0.29) is 5.97 Å². The summed E-state index contributed by atoms with van der Waals surface area (Å²) in [5.74, 6) is -0.317. The predicted molar refractivity (Wildman–Crippen MR) is 60.1 cm³/mol. The van der Waals surface area contributed by atoms with Crippen molar-refractivity contribution in [3.8, 4) is 0 Å². The van der Waals surface area contributed by atoms with Gasteiger partial charge in [0.25, 0.3) is 0 Å². The van der Waals surface area contributed by atoms with Crippen LogP contribution in [0.25, 0.3) is 0 Å². The van der Waals surface area contributed by atoms with Gasteiger partial charge >= 0.3 is 5.97 Å². The summed E-state index contributed by atoms with van der Waals surface area (Å²) in [6.07, 6.45) is 0. The van der Waals surface area contributed by atoms with Crippen molar-refractivity contribution in [1.82, 2.24) is 0 Å². The van der Waals surface area contributed by atoms with Gasteiger partial charge < -0.3 is 10.1 Å². The van der Waals surface area contributed by atoms with Crippen LogP contribution in [-0.2, 0) is 4.74 Å². The van der Waals surface area contributed by atoms with E-state index in [4.69, 9.17) is 0 Å². The molecule has 0 unspecified atom stereocenters. The molecular weight excluding hydrogens is 246 g/mol. The number of carbonyl (C=O) groups is 1. The van der Waals surface area contributed by atoms with Gasteiger partial charge in [-0.1, -0.05) is 28.1 Å². The molecule has 3 nitrogen and oxygen atoms in total. The van der Waals surface area contributed by atoms with E-state index < -0.39 is 0 Å². The van der Waals surface area contributed by atoms with E-state index in [1.54, 1.807) is 6.07 Å². The highest BCUT2D eigenvalue weighted by atomic mass is 79.9. The lowest BCUT2D eigenvalue weighted by atomic mass is 10.2. The summed E-state index contributed by atoms with van der Waals surface area (Å²) < 4.78 is 4.67. The Bertz CT molecular complexity index is 315. The number of ether oxygens (including phenoxy) is 1. The maximum absolute atomic E-state index is 11.3. The third-order valence-electron chi connectivity index (χ3n) is 1.74. The first-order valence-corrected chi connectivity index (χ1v) is 5.39. The maximum atomic E-state index is 11.3. The summed E-state index contributed by atoms with van der Waals surface area (Å²) in [5, 5.41) is 3.97. The molecular formula is C10H12BrNO2. The van der Waals surface area contributed by atoms with Crippen molar-refractivity contribution < 1.29 is 9.53 Å². The van der Waals surface area contributed by atoms with E-state index in [1.807, 2.05) is 18.2 Å². The maximum Gasteiger partial charge on any atom is 0.339 e. The van der Waals surface area contributed by atoms with Crippen molar-refractivity contribution in [3.05, 3.63) is 29.8 Å². The van der Waals surface area contributed by atoms with Gasteiger partial charge in [0.2, 0.25) is 0 Å². The molecule has 0 fully saturated rings. The number of para-hydroxylation sites is 1. The van der Waals surface area contributed by atoms with Crippen molar-refractivity contribution in [2.24, 2.45) is 0 Å². The van der Waals surface area contributed by atoms with Gasteiger partial charge in [0.1, 0.15) is 0 Å². The quantitative estimate of drug-likeness (QED) is 0.665. The van der Waals surface area contributed by atoms with Crippen LogP contribution in [0.15, 0.2) is 24.3 Å². The largest absolute Gasteiger partial charge is 0.465 e. The highest BCUT2D eigenvalue weighted by Gasteiger charge is 2.09. The predicted octanol–water partition coefficient (Wildman–Crippen LogP) is 2.28. The van der Waals surface area contributed by atoms with E-state index in [2.05, 4.69) is 26.0 Å². The molecule has 0 spiro atoms. The fourth-order valence-electron chi connectivity index (χ4n) is 1.11. The Labute approximate surface area is 91.6 Å². The number of rotatable bonds is 4. The number of carbonyl (C=O) groups excluding carboxylic acids is 1. The smallest absolute Gasteiger partial charge is 0.339 e. The second kappa shape index (κ2) is 5.65.